The van der Waals surface area contributed by atoms with Crippen molar-refractivity contribution in [3.8, 4) is 0 Å². The van der Waals surface area contributed by atoms with Crippen LogP contribution in [0.1, 0.15) is 15.9 Å². The van der Waals surface area contributed by atoms with E-state index < -0.39 is 16.0 Å². The number of benzene rings is 2. The van der Waals surface area contributed by atoms with Gasteiger partial charge in [0.2, 0.25) is 0 Å². The van der Waals surface area contributed by atoms with Gasteiger partial charge in [-0.2, -0.15) is 0 Å². The largest absolute Gasteiger partial charge is 0.545 e. The molecule has 2 aromatic carbocycles. The lowest BCUT2D eigenvalue weighted by Gasteiger charge is -2.11. The van der Waals surface area contributed by atoms with Crippen LogP contribution in [0.4, 0.5) is 5.69 Å². The van der Waals surface area contributed by atoms with E-state index in [9.17, 15) is 18.3 Å². The summed E-state index contributed by atoms with van der Waals surface area (Å²) in [6.07, 6.45) is 0. The average Bonchev–Trinajstić information content (AvgIpc) is 2.41. The molecule has 110 valence electrons. The Labute approximate surface area is 127 Å². The van der Waals surface area contributed by atoms with Gasteiger partial charge in [-0.15, -0.1) is 0 Å². The quantitative estimate of drug-likeness (QED) is 0.929. The van der Waals surface area contributed by atoms with Gasteiger partial charge < -0.3 is 9.90 Å². The van der Waals surface area contributed by atoms with E-state index >= 15 is 0 Å². The van der Waals surface area contributed by atoms with Crippen LogP contribution in [0.15, 0.2) is 47.4 Å². The van der Waals surface area contributed by atoms with Crippen molar-refractivity contribution in [1.29, 1.82) is 0 Å². The maximum Gasteiger partial charge on any atom is 0.263 e. The molecule has 0 spiro atoms. The van der Waals surface area contributed by atoms with E-state index in [0.29, 0.717) is 5.69 Å². The minimum Gasteiger partial charge on any atom is -0.545 e. The Morgan fingerprint density at radius 1 is 1.14 bits per heavy atom. The number of carbonyl (C=O) groups excluding carboxylic acids is 1. The zero-order valence-electron chi connectivity index (χ0n) is 11.0. The van der Waals surface area contributed by atoms with Gasteiger partial charge in [0.15, 0.2) is 0 Å². The van der Waals surface area contributed by atoms with Crippen LogP contribution in [0.25, 0.3) is 0 Å². The summed E-state index contributed by atoms with van der Waals surface area (Å²) in [5.74, 6) is -1.47. The Morgan fingerprint density at radius 3 is 2.33 bits per heavy atom. The summed E-state index contributed by atoms with van der Waals surface area (Å²) in [6.45, 7) is 1.87. The average molecular weight is 325 g/mol. The second-order valence-electron chi connectivity index (χ2n) is 4.40. The molecule has 0 unspecified atom stereocenters. The number of aryl methyl sites for hydroxylation is 1. The Balaban J connectivity index is 2.41. The standard InChI is InChI=1S/C14H12ClNO4S/c1-9-2-5-11(6-3-9)16-21(19,20)13-8-10(14(17)18)4-7-12(13)15/h2-8,16H,1H3,(H,17,18)/p-1. The smallest absolute Gasteiger partial charge is 0.263 e. The molecule has 0 radical (unpaired) electrons. The van der Waals surface area contributed by atoms with Gasteiger partial charge in [0.25, 0.3) is 10.0 Å². The van der Waals surface area contributed by atoms with Crippen molar-refractivity contribution in [2.24, 2.45) is 0 Å². The number of anilines is 1. The molecular weight excluding hydrogens is 314 g/mol. The predicted molar refractivity (Wildman–Crippen MR) is 77.8 cm³/mol. The summed E-state index contributed by atoms with van der Waals surface area (Å²) in [7, 11) is -3.99. The minimum atomic E-state index is -3.99. The maximum atomic E-state index is 12.3. The molecule has 0 heterocycles. The molecule has 0 amide bonds. The van der Waals surface area contributed by atoms with Gasteiger partial charge in [0.1, 0.15) is 4.90 Å². The number of carbonyl (C=O) groups is 1. The Hall–Kier alpha value is -2.05. The van der Waals surface area contributed by atoms with Gasteiger partial charge in [-0.3, -0.25) is 4.72 Å². The molecule has 21 heavy (non-hydrogen) atoms. The molecule has 0 aliphatic carbocycles. The highest BCUT2D eigenvalue weighted by Gasteiger charge is 2.19. The third-order valence-corrected chi connectivity index (χ3v) is 4.62. The molecule has 0 atom stereocenters. The van der Waals surface area contributed by atoms with E-state index in [0.717, 1.165) is 11.6 Å². The lowest BCUT2D eigenvalue weighted by Crippen LogP contribution is -2.23. The lowest BCUT2D eigenvalue weighted by atomic mass is 10.2. The predicted octanol–water partition coefficient (Wildman–Crippen LogP) is 1.81. The second-order valence-corrected chi connectivity index (χ2v) is 6.46. The zero-order valence-corrected chi connectivity index (χ0v) is 12.5. The van der Waals surface area contributed by atoms with Crippen molar-refractivity contribution in [1.82, 2.24) is 0 Å². The molecular formula is C14H11ClNO4S-. The first kappa shape index (κ1) is 15.3. The number of halogens is 1. The molecule has 2 aromatic rings. The zero-order chi connectivity index (χ0) is 15.6. The lowest BCUT2D eigenvalue weighted by molar-refractivity contribution is -0.255. The molecule has 0 bridgehead atoms. The number of hydrogen-bond acceptors (Lipinski definition) is 4. The van der Waals surface area contributed by atoms with Crippen LogP contribution in [-0.2, 0) is 10.0 Å². The molecule has 0 aliphatic rings. The van der Waals surface area contributed by atoms with Crippen molar-refractivity contribution < 1.29 is 18.3 Å². The number of hydrogen-bond donors (Lipinski definition) is 1. The summed E-state index contributed by atoms with van der Waals surface area (Å²) in [6, 6.07) is 10.0. The van der Waals surface area contributed by atoms with Crippen LogP contribution < -0.4 is 9.83 Å². The molecule has 0 fully saturated rings. The SMILES string of the molecule is Cc1ccc(NS(=O)(=O)c2cc(C(=O)[O-])ccc2Cl)cc1. The normalized spacial score (nSPS) is 11.1. The maximum absolute atomic E-state index is 12.3. The Morgan fingerprint density at radius 2 is 1.76 bits per heavy atom. The van der Waals surface area contributed by atoms with Crippen molar-refractivity contribution in [3.05, 3.63) is 58.6 Å². The Kier molecular flexibility index (Phi) is 4.20. The number of rotatable bonds is 4. The van der Waals surface area contributed by atoms with Gasteiger partial charge >= 0.3 is 0 Å². The third-order valence-electron chi connectivity index (χ3n) is 2.76. The topological polar surface area (TPSA) is 86.3 Å². The van der Waals surface area contributed by atoms with E-state index in [1.807, 2.05) is 6.92 Å². The first-order chi connectivity index (χ1) is 9.79. The van der Waals surface area contributed by atoms with E-state index in [1.54, 1.807) is 24.3 Å². The van der Waals surface area contributed by atoms with E-state index in [4.69, 9.17) is 11.6 Å². The van der Waals surface area contributed by atoms with Crippen LogP contribution in [0.2, 0.25) is 5.02 Å². The summed E-state index contributed by atoms with van der Waals surface area (Å²) < 4.78 is 26.9. The van der Waals surface area contributed by atoms with Crippen LogP contribution >= 0.6 is 11.6 Å². The Bertz CT molecular complexity index is 785. The minimum absolute atomic E-state index is 0.0698. The van der Waals surface area contributed by atoms with Gasteiger partial charge in [-0.05, 0) is 36.8 Å². The first-order valence-corrected chi connectivity index (χ1v) is 7.76. The monoisotopic (exact) mass is 324 g/mol. The molecule has 5 nitrogen and oxygen atoms in total. The highest BCUT2D eigenvalue weighted by Crippen LogP contribution is 2.25. The van der Waals surface area contributed by atoms with E-state index in [-0.39, 0.29) is 15.5 Å². The highest BCUT2D eigenvalue weighted by molar-refractivity contribution is 7.92. The van der Waals surface area contributed by atoms with Gasteiger partial charge in [0, 0.05) is 5.69 Å². The van der Waals surface area contributed by atoms with Crippen LogP contribution in [0.3, 0.4) is 0 Å². The van der Waals surface area contributed by atoms with Crippen molar-refractivity contribution in [2.75, 3.05) is 4.72 Å². The second kappa shape index (κ2) is 5.75. The fourth-order valence-electron chi connectivity index (χ4n) is 1.67. The van der Waals surface area contributed by atoms with Crippen LogP contribution in [0.5, 0.6) is 0 Å². The summed E-state index contributed by atoms with van der Waals surface area (Å²) in [4.78, 5) is 10.5. The van der Waals surface area contributed by atoms with Gasteiger partial charge in [0.05, 0.1) is 11.0 Å². The first-order valence-electron chi connectivity index (χ1n) is 5.90. The number of aromatic carboxylic acids is 1. The molecule has 2 rings (SSSR count). The number of nitrogens with one attached hydrogen (secondary N) is 1. The molecule has 1 N–H and O–H groups in total. The van der Waals surface area contributed by atoms with E-state index in [2.05, 4.69) is 4.72 Å². The molecule has 7 heteroatoms. The van der Waals surface area contributed by atoms with Crippen molar-refractivity contribution in [2.45, 2.75) is 11.8 Å². The number of carboxylic acid groups (broad SMARTS) is 1. The molecule has 0 aromatic heterocycles. The van der Waals surface area contributed by atoms with Gasteiger partial charge in [-0.25, -0.2) is 8.42 Å². The molecule has 0 saturated carbocycles. The number of sulfonamides is 1. The van der Waals surface area contributed by atoms with E-state index in [1.165, 1.54) is 12.1 Å². The molecule has 0 saturated heterocycles. The summed E-state index contributed by atoms with van der Waals surface area (Å²) in [5.41, 5.74) is 1.08. The summed E-state index contributed by atoms with van der Waals surface area (Å²) in [5, 5.41) is 10.7. The third kappa shape index (κ3) is 3.53. The van der Waals surface area contributed by atoms with Crippen molar-refractivity contribution in [3.63, 3.8) is 0 Å². The fourth-order valence-corrected chi connectivity index (χ4v) is 3.25. The summed E-state index contributed by atoms with van der Waals surface area (Å²) >= 11 is 5.84. The van der Waals surface area contributed by atoms with Gasteiger partial charge in [-0.1, -0.05) is 35.4 Å². The van der Waals surface area contributed by atoms with Crippen molar-refractivity contribution >= 4 is 33.3 Å². The fraction of sp³-hybridized carbons (Fsp3) is 0.0714. The molecule has 0 aliphatic heterocycles. The highest BCUT2D eigenvalue weighted by atomic mass is 35.5. The van der Waals surface area contributed by atoms with Crippen LogP contribution in [0, 0.1) is 6.92 Å². The number of carboxylic acids is 1. The van der Waals surface area contributed by atoms with Crippen LogP contribution in [-0.4, -0.2) is 14.4 Å².